The first kappa shape index (κ1) is 13.7. The molecule has 2 rings (SSSR count). The largest absolute Gasteiger partial charge is 0.471 e. The molecule has 19 heavy (non-hydrogen) atoms. The third-order valence-electron chi connectivity index (χ3n) is 3.38. The number of fused-ring (bicyclic) bond motifs is 1. The standard InChI is InChI=1S/C13H15F3N2O/c1-2-8-5-10-7-18(12(19)13(14,15)16)4-3-9(10)6-11(8)17/h5-6H,2-4,7,17H2,1H3. The van der Waals surface area contributed by atoms with Gasteiger partial charge in [0, 0.05) is 18.8 Å². The number of halogens is 3. The molecule has 1 aliphatic rings. The minimum Gasteiger partial charge on any atom is -0.398 e. The van der Waals surface area contributed by atoms with Gasteiger partial charge in [-0.25, -0.2) is 0 Å². The Morgan fingerprint density at radius 3 is 2.63 bits per heavy atom. The molecule has 0 fully saturated rings. The van der Waals surface area contributed by atoms with E-state index >= 15 is 0 Å². The molecule has 1 aromatic rings. The van der Waals surface area contributed by atoms with E-state index in [9.17, 15) is 18.0 Å². The molecule has 104 valence electrons. The van der Waals surface area contributed by atoms with Crippen LogP contribution in [-0.2, 0) is 24.2 Å². The summed E-state index contributed by atoms with van der Waals surface area (Å²) in [7, 11) is 0. The Bertz CT molecular complexity index is 511. The predicted molar refractivity (Wildman–Crippen MR) is 65.4 cm³/mol. The van der Waals surface area contributed by atoms with Crippen LogP contribution >= 0.6 is 0 Å². The monoisotopic (exact) mass is 272 g/mol. The fraction of sp³-hybridized carbons (Fsp3) is 0.462. The van der Waals surface area contributed by atoms with Crippen molar-refractivity contribution in [2.24, 2.45) is 0 Å². The van der Waals surface area contributed by atoms with Crippen LogP contribution < -0.4 is 5.73 Å². The van der Waals surface area contributed by atoms with Crippen molar-refractivity contribution in [1.29, 1.82) is 0 Å². The van der Waals surface area contributed by atoms with Gasteiger partial charge in [-0.05, 0) is 35.6 Å². The van der Waals surface area contributed by atoms with Gasteiger partial charge in [0.1, 0.15) is 0 Å². The van der Waals surface area contributed by atoms with Crippen LogP contribution in [-0.4, -0.2) is 23.5 Å². The predicted octanol–water partition coefficient (Wildman–Crippen LogP) is 2.28. The van der Waals surface area contributed by atoms with Crippen LogP contribution in [0, 0.1) is 0 Å². The maximum atomic E-state index is 12.4. The summed E-state index contributed by atoms with van der Waals surface area (Å²) < 4.78 is 37.2. The van der Waals surface area contributed by atoms with Gasteiger partial charge in [0.05, 0.1) is 0 Å². The van der Waals surface area contributed by atoms with Gasteiger partial charge in [-0.15, -0.1) is 0 Å². The van der Waals surface area contributed by atoms with Crippen LogP contribution in [0.1, 0.15) is 23.6 Å². The maximum Gasteiger partial charge on any atom is 0.471 e. The van der Waals surface area contributed by atoms with Gasteiger partial charge in [-0.3, -0.25) is 4.79 Å². The quantitative estimate of drug-likeness (QED) is 0.797. The molecule has 0 saturated heterocycles. The summed E-state index contributed by atoms with van der Waals surface area (Å²) in [5.41, 5.74) is 9.12. The Balaban J connectivity index is 2.27. The number of nitrogen functional groups attached to an aromatic ring is 1. The Morgan fingerprint density at radius 2 is 2.05 bits per heavy atom. The molecule has 0 aromatic heterocycles. The Hall–Kier alpha value is -1.72. The van der Waals surface area contributed by atoms with Crippen molar-refractivity contribution in [3.8, 4) is 0 Å². The summed E-state index contributed by atoms with van der Waals surface area (Å²) in [6.07, 6.45) is -3.68. The second-order valence-corrected chi connectivity index (χ2v) is 4.65. The molecule has 0 atom stereocenters. The fourth-order valence-electron chi connectivity index (χ4n) is 2.34. The summed E-state index contributed by atoms with van der Waals surface area (Å²) in [5, 5.41) is 0. The van der Waals surface area contributed by atoms with Gasteiger partial charge in [0.25, 0.3) is 0 Å². The lowest BCUT2D eigenvalue weighted by atomic mass is 9.95. The van der Waals surface area contributed by atoms with Gasteiger partial charge in [0.15, 0.2) is 0 Å². The lowest BCUT2D eigenvalue weighted by Gasteiger charge is -2.30. The lowest BCUT2D eigenvalue weighted by molar-refractivity contribution is -0.186. The highest BCUT2D eigenvalue weighted by atomic mass is 19.4. The molecule has 2 N–H and O–H groups in total. The summed E-state index contributed by atoms with van der Waals surface area (Å²) in [4.78, 5) is 12.1. The molecule has 1 amide bonds. The summed E-state index contributed by atoms with van der Waals surface area (Å²) in [5.74, 6) is -1.77. The second-order valence-electron chi connectivity index (χ2n) is 4.65. The van der Waals surface area contributed by atoms with Crippen LogP contribution in [0.5, 0.6) is 0 Å². The SMILES string of the molecule is CCc1cc2c(cc1N)CCN(C(=O)C(F)(F)F)C2. The maximum absolute atomic E-state index is 12.4. The molecular weight excluding hydrogens is 257 g/mol. The number of hydrogen-bond acceptors (Lipinski definition) is 2. The minimum atomic E-state index is -4.81. The highest BCUT2D eigenvalue weighted by Crippen LogP contribution is 2.28. The zero-order chi connectivity index (χ0) is 14.2. The zero-order valence-electron chi connectivity index (χ0n) is 10.5. The third-order valence-corrected chi connectivity index (χ3v) is 3.38. The van der Waals surface area contributed by atoms with Crippen LogP contribution in [0.25, 0.3) is 0 Å². The van der Waals surface area contributed by atoms with Gasteiger partial charge in [0.2, 0.25) is 0 Å². The smallest absolute Gasteiger partial charge is 0.398 e. The van der Waals surface area contributed by atoms with Crippen molar-refractivity contribution in [2.45, 2.75) is 32.5 Å². The van der Waals surface area contributed by atoms with E-state index in [4.69, 9.17) is 5.73 Å². The lowest BCUT2D eigenvalue weighted by Crippen LogP contribution is -2.43. The van der Waals surface area contributed by atoms with E-state index in [1.807, 2.05) is 13.0 Å². The first-order valence-electron chi connectivity index (χ1n) is 6.09. The van der Waals surface area contributed by atoms with Crippen LogP contribution in [0.4, 0.5) is 18.9 Å². The third kappa shape index (κ3) is 2.67. The molecule has 0 radical (unpaired) electrons. The number of carbonyl (C=O) groups is 1. The highest BCUT2D eigenvalue weighted by Gasteiger charge is 2.43. The number of rotatable bonds is 1. The molecule has 0 aliphatic carbocycles. The number of hydrogen-bond donors (Lipinski definition) is 1. The molecule has 0 saturated carbocycles. The molecule has 1 heterocycles. The first-order chi connectivity index (χ1) is 8.82. The van der Waals surface area contributed by atoms with Gasteiger partial charge in [-0.1, -0.05) is 13.0 Å². The van der Waals surface area contributed by atoms with E-state index in [2.05, 4.69) is 0 Å². The Morgan fingerprint density at radius 1 is 1.37 bits per heavy atom. The minimum absolute atomic E-state index is 0.000949. The fourth-order valence-corrected chi connectivity index (χ4v) is 2.34. The van der Waals surface area contributed by atoms with E-state index in [0.717, 1.165) is 21.6 Å². The average molecular weight is 272 g/mol. The Kier molecular flexibility index (Phi) is 3.43. The van der Waals surface area contributed by atoms with E-state index in [1.165, 1.54) is 0 Å². The van der Waals surface area contributed by atoms with E-state index < -0.39 is 12.1 Å². The molecular formula is C13H15F3N2O. The topological polar surface area (TPSA) is 46.3 Å². The van der Waals surface area contributed by atoms with Gasteiger partial charge >= 0.3 is 12.1 Å². The van der Waals surface area contributed by atoms with E-state index in [0.29, 0.717) is 18.5 Å². The number of alkyl halides is 3. The van der Waals surface area contributed by atoms with Crippen LogP contribution in [0.15, 0.2) is 12.1 Å². The molecule has 6 heteroatoms. The van der Waals surface area contributed by atoms with Crippen molar-refractivity contribution in [2.75, 3.05) is 12.3 Å². The van der Waals surface area contributed by atoms with Crippen LogP contribution in [0.3, 0.4) is 0 Å². The second kappa shape index (κ2) is 4.75. The van der Waals surface area contributed by atoms with Crippen molar-refractivity contribution in [1.82, 2.24) is 4.90 Å². The molecule has 0 bridgehead atoms. The summed E-state index contributed by atoms with van der Waals surface area (Å²) in [6, 6.07) is 3.62. The Labute approximate surface area is 109 Å². The first-order valence-corrected chi connectivity index (χ1v) is 6.09. The molecule has 0 spiro atoms. The van der Waals surface area contributed by atoms with E-state index in [1.54, 1.807) is 6.07 Å². The normalized spacial score (nSPS) is 15.3. The number of benzene rings is 1. The molecule has 1 aliphatic heterocycles. The average Bonchev–Trinajstić information content (AvgIpc) is 2.35. The number of amides is 1. The molecule has 0 unspecified atom stereocenters. The van der Waals surface area contributed by atoms with Crippen molar-refractivity contribution in [3.63, 3.8) is 0 Å². The van der Waals surface area contributed by atoms with Crippen molar-refractivity contribution >= 4 is 11.6 Å². The van der Waals surface area contributed by atoms with Gasteiger partial charge < -0.3 is 10.6 Å². The number of nitrogens with zero attached hydrogens (tertiary/aromatic N) is 1. The van der Waals surface area contributed by atoms with Gasteiger partial charge in [-0.2, -0.15) is 13.2 Å². The summed E-state index contributed by atoms with van der Waals surface area (Å²) in [6.45, 7) is 2.01. The number of anilines is 1. The molecule has 1 aromatic carbocycles. The zero-order valence-corrected chi connectivity index (χ0v) is 10.5. The van der Waals surface area contributed by atoms with Crippen molar-refractivity contribution in [3.05, 3.63) is 28.8 Å². The number of nitrogens with two attached hydrogens (primary N) is 1. The number of carbonyl (C=O) groups excluding carboxylic acids is 1. The van der Waals surface area contributed by atoms with E-state index in [-0.39, 0.29) is 13.1 Å². The highest BCUT2D eigenvalue weighted by molar-refractivity contribution is 5.82. The summed E-state index contributed by atoms with van der Waals surface area (Å²) >= 11 is 0. The number of aryl methyl sites for hydroxylation is 1. The molecule has 3 nitrogen and oxygen atoms in total. The van der Waals surface area contributed by atoms with Crippen molar-refractivity contribution < 1.29 is 18.0 Å². The van der Waals surface area contributed by atoms with Crippen LogP contribution in [0.2, 0.25) is 0 Å².